The van der Waals surface area contributed by atoms with Crippen molar-refractivity contribution in [2.45, 2.75) is 26.0 Å². The molecule has 1 unspecified atom stereocenters. The minimum atomic E-state index is -0.573. The summed E-state index contributed by atoms with van der Waals surface area (Å²) in [7, 11) is 0. The lowest BCUT2D eigenvalue weighted by atomic mass is 10.2. The molecule has 1 heterocycles. The highest BCUT2D eigenvalue weighted by Crippen LogP contribution is 2.05. The molecule has 0 saturated heterocycles. The van der Waals surface area contributed by atoms with Gasteiger partial charge in [0.1, 0.15) is 6.10 Å². The second-order valence-corrected chi connectivity index (χ2v) is 3.21. The van der Waals surface area contributed by atoms with Crippen LogP contribution in [0.4, 0.5) is 0 Å². The number of hydrogen-bond acceptors (Lipinski definition) is 4. The SMILES string of the molecule is CC(C)NCC(O)c1cnccn1. The molecule has 1 aromatic rings. The third-order valence-electron chi connectivity index (χ3n) is 1.64. The predicted molar refractivity (Wildman–Crippen MR) is 50.1 cm³/mol. The third kappa shape index (κ3) is 3.48. The van der Waals surface area contributed by atoms with Crippen molar-refractivity contribution in [1.82, 2.24) is 15.3 Å². The van der Waals surface area contributed by atoms with Gasteiger partial charge in [-0.3, -0.25) is 9.97 Å². The van der Waals surface area contributed by atoms with Crippen LogP contribution >= 0.6 is 0 Å². The largest absolute Gasteiger partial charge is 0.385 e. The first-order chi connectivity index (χ1) is 6.20. The number of aliphatic hydroxyl groups excluding tert-OH is 1. The number of aromatic nitrogens is 2. The van der Waals surface area contributed by atoms with Gasteiger partial charge in [0.2, 0.25) is 0 Å². The van der Waals surface area contributed by atoms with Crippen molar-refractivity contribution in [3.8, 4) is 0 Å². The number of nitrogens with zero attached hydrogens (tertiary/aromatic N) is 2. The molecule has 0 bridgehead atoms. The van der Waals surface area contributed by atoms with Crippen LogP contribution < -0.4 is 5.32 Å². The van der Waals surface area contributed by atoms with Gasteiger partial charge in [-0.05, 0) is 0 Å². The van der Waals surface area contributed by atoms with Crippen LogP contribution in [0.5, 0.6) is 0 Å². The van der Waals surface area contributed by atoms with E-state index < -0.39 is 6.10 Å². The molecular weight excluding hydrogens is 166 g/mol. The Hall–Kier alpha value is -1.00. The maximum Gasteiger partial charge on any atom is 0.110 e. The summed E-state index contributed by atoms with van der Waals surface area (Å²) in [6.07, 6.45) is 4.17. The van der Waals surface area contributed by atoms with Gasteiger partial charge in [0.25, 0.3) is 0 Å². The van der Waals surface area contributed by atoms with Crippen molar-refractivity contribution >= 4 is 0 Å². The molecule has 2 N–H and O–H groups in total. The Balaban J connectivity index is 2.44. The standard InChI is InChI=1S/C9H15N3O/c1-7(2)12-6-9(13)8-5-10-3-4-11-8/h3-5,7,9,12-13H,6H2,1-2H3. The molecule has 4 heteroatoms. The van der Waals surface area contributed by atoms with Crippen LogP contribution in [0.1, 0.15) is 25.6 Å². The Kier molecular flexibility index (Phi) is 3.79. The van der Waals surface area contributed by atoms with Crippen LogP contribution in [0.2, 0.25) is 0 Å². The summed E-state index contributed by atoms with van der Waals surface area (Å²) in [6, 6.07) is 0.367. The van der Waals surface area contributed by atoms with Crippen LogP contribution in [-0.2, 0) is 0 Å². The van der Waals surface area contributed by atoms with Gasteiger partial charge in [-0.25, -0.2) is 0 Å². The van der Waals surface area contributed by atoms with Gasteiger partial charge in [0, 0.05) is 25.0 Å². The van der Waals surface area contributed by atoms with E-state index in [9.17, 15) is 5.11 Å². The van der Waals surface area contributed by atoms with Gasteiger partial charge >= 0.3 is 0 Å². The molecule has 0 aliphatic carbocycles. The lowest BCUT2D eigenvalue weighted by Gasteiger charge is -2.12. The summed E-state index contributed by atoms with van der Waals surface area (Å²) in [6.45, 7) is 4.57. The van der Waals surface area contributed by atoms with Crippen LogP contribution in [-0.4, -0.2) is 27.7 Å². The normalized spacial score (nSPS) is 13.2. The van der Waals surface area contributed by atoms with Gasteiger partial charge in [-0.15, -0.1) is 0 Å². The quantitative estimate of drug-likeness (QED) is 0.710. The summed E-state index contributed by atoms with van der Waals surface area (Å²) >= 11 is 0. The minimum absolute atomic E-state index is 0.367. The monoisotopic (exact) mass is 181 g/mol. The smallest absolute Gasteiger partial charge is 0.110 e. The Labute approximate surface area is 78.0 Å². The van der Waals surface area contributed by atoms with E-state index in [0.717, 1.165) is 0 Å². The zero-order chi connectivity index (χ0) is 9.68. The summed E-state index contributed by atoms with van der Waals surface area (Å²) in [5, 5.41) is 12.7. The highest BCUT2D eigenvalue weighted by atomic mass is 16.3. The van der Waals surface area contributed by atoms with Crippen molar-refractivity contribution < 1.29 is 5.11 Å². The van der Waals surface area contributed by atoms with Crippen molar-refractivity contribution in [3.63, 3.8) is 0 Å². The average molecular weight is 181 g/mol. The molecule has 0 spiro atoms. The van der Waals surface area contributed by atoms with Gasteiger partial charge in [-0.2, -0.15) is 0 Å². The maximum absolute atomic E-state index is 9.60. The van der Waals surface area contributed by atoms with Gasteiger partial charge in [0.05, 0.1) is 11.9 Å². The van der Waals surface area contributed by atoms with Crippen LogP contribution in [0.25, 0.3) is 0 Å². The topological polar surface area (TPSA) is 58.0 Å². The number of rotatable bonds is 4. The fraction of sp³-hybridized carbons (Fsp3) is 0.556. The summed E-state index contributed by atoms with van der Waals surface area (Å²) in [5.74, 6) is 0. The highest BCUT2D eigenvalue weighted by Gasteiger charge is 2.08. The molecule has 4 nitrogen and oxygen atoms in total. The van der Waals surface area contributed by atoms with E-state index in [1.165, 1.54) is 0 Å². The lowest BCUT2D eigenvalue weighted by molar-refractivity contribution is 0.166. The Morgan fingerprint density at radius 1 is 1.46 bits per heavy atom. The summed E-state index contributed by atoms with van der Waals surface area (Å²) < 4.78 is 0. The number of aliphatic hydroxyl groups is 1. The molecule has 1 rings (SSSR count). The second kappa shape index (κ2) is 4.89. The predicted octanol–water partition coefficient (Wildman–Crippen LogP) is 0.508. The van der Waals surface area contributed by atoms with E-state index >= 15 is 0 Å². The van der Waals surface area contributed by atoms with E-state index in [4.69, 9.17) is 0 Å². The van der Waals surface area contributed by atoms with E-state index in [0.29, 0.717) is 18.3 Å². The zero-order valence-corrected chi connectivity index (χ0v) is 7.94. The maximum atomic E-state index is 9.60. The van der Waals surface area contributed by atoms with Crippen molar-refractivity contribution in [3.05, 3.63) is 24.3 Å². The molecule has 0 aliphatic heterocycles. The van der Waals surface area contributed by atoms with Crippen LogP contribution in [0.3, 0.4) is 0 Å². The number of nitrogens with one attached hydrogen (secondary N) is 1. The molecule has 0 saturated carbocycles. The van der Waals surface area contributed by atoms with Gasteiger partial charge in [-0.1, -0.05) is 13.8 Å². The molecule has 1 aromatic heterocycles. The fourth-order valence-electron chi connectivity index (χ4n) is 0.935. The Morgan fingerprint density at radius 2 is 2.23 bits per heavy atom. The lowest BCUT2D eigenvalue weighted by Crippen LogP contribution is -2.28. The van der Waals surface area contributed by atoms with Gasteiger partial charge in [0.15, 0.2) is 0 Å². The highest BCUT2D eigenvalue weighted by molar-refractivity contribution is 4.99. The first-order valence-corrected chi connectivity index (χ1v) is 4.37. The third-order valence-corrected chi connectivity index (χ3v) is 1.64. The van der Waals surface area contributed by atoms with E-state index in [1.807, 2.05) is 13.8 Å². The second-order valence-electron chi connectivity index (χ2n) is 3.21. The zero-order valence-electron chi connectivity index (χ0n) is 7.94. The summed E-state index contributed by atoms with van der Waals surface area (Å²) in [5.41, 5.74) is 0.607. The molecule has 72 valence electrons. The molecule has 0 aromatic carbocycles. The minimum Gasteiger partial charge on any atom is -0.385 e. The molecule has 1 atom stereocenters. The first-order valence-electron chi connectivity index (χ1n) is 4.37. The van der Waals surface area contributed by atoms with Crippen molar-refractivity contribution in [2.24, 2.45) is 0 Å². The van der Waals surface area contributed by atoms with Crippen LogP contribution in [0, 0.1) is 0 Å². The molecular formula is C9H15N3O. The summed E-state index contributed by atoms with van der Waals surface area (Å²) in [4.78, 5) is 7.89. The molecule has 0 fully saturated rings. The van der Waals surface area contributed by atoms with E-state index in [2.05, 4.69) is 15.3 Å². The van der Waals surface area contributed by atoms with Crippen molar-refractivity contribution in [2.75, 3.05) is 6.54 Å². The molecule has 0 amide bonds. The fourth-order valence-corrected chi connectivity index (χ4v) is 0.935. The van der Waals surface area contributed by atoms with Gasteiger partial charge < -0.3 is 10.4 Å². The Morgan fingerprint density at radius 3 is 2.77 bits per heavy atom. The first kappa shape index (κ1) is 10.1. The van der Waals surface area contributed by atoms with E-state index in [-0.39, 0.29) is 0 Å². The van der Waals surface area contributed by atoms with Crippen molar-refractivity contribution in [1.29, 1.82) is 0 Å². The molecule has 0 aliphatic rings. The van der Waals surface area contributed by atoms with E-state index in [1.54, 1.807) is 18.6 Å². The molecule has 13 heavy (non-hydrogen) atoms. The Bertz CT molecular complexity index is 238. The number of hydrogen-bond donors (Lipinski definition) is 2. The molecule has 0 radical (unpaired) electrons. The van der Waals surface area contributed by atoms with Crippen LogP contribution in [0.15, 0.2) is 18.6 Å². The average Bonchev–Trinajstić information content (AvgIpc) is 2.15.